The number of carbonyl (C=O) groups excluding carboxylic acids is 1. The molecule has 1 aliphatic heterocycles. The average molecular weight is 315 g/mol. The Morgan fingerprint density at radius 1 is 1.39 bits per heavy atom. The summed E-state index contributed by atoms with van der Waals surface area (Å²) in [6.45, 7) is 6.91. The molecule has 8 nitrogen and oxygen atoms in total. The van der Waals surface area contributed by atoms with Crippen LogP contribution in [-0.2, 0) is 11.2 Å². The molecule has 1 saturated heterocycles. The van der Waals surface area contributed by atoms with Crippen LogP contribution in [0.25, 0.3) is 0 Å². The molecule has 0 radical (unpaired) electrons. The maximum absolute atomic E-state index is 11.5. The molecule has 2 aromatic heterocycles. The number of anilines is 1. The van der Waals surface area contributed by atoms with Crippen LogP contribution in [0.2, 0.25) is 0 Å². The highest BCUT2D eigenvalue weighted by molar-refractivity contribution is 5.73. The lowest BCUT2D eigenvalue weighted by Crippen LogP contribution is -2.40. The molecular formula is C15H21N7O. The minimum absolute atomic E-state index is 0.0294. The van der Waals surface area contributed by atoms with E-state index in [2.05, 4.69) is 37.4 Å². The van der Waals surface area contributed by atoms with Gasteiger partial charge in [-0.15, -0.1) is 5.10 Å². The maximum Gasteiger partial charge on any atom is 0.217 e. The second-order valence-corrected chi connectivity index (χ2v) is 5.78. The molecule has 0 aliphatic carbocycles. The van der Waals surface area contributed by atoms with Gasteiger partial charge in [0.05, 0.1) is 18.3 Å². The van der Waals surface area contributed by atoms with Crippen molar-refractivity contribution < 1.29 is 4.79 Å². The Labute approximate surface area is 134 Å². The zero-order chi connectivity index (χ0) is 16.4. The molecule has 3 heterocycles. The van der Waals surface area contributed by atoms with Crippen molar-refractivity contribution in [2.45, 2.75) is 39.3 Å². The van der Waals surface area contributed by atoms with E-state index in [4.69, 9.17) is 0 Å². The molecule has 0 saturated carbocycles. The van der Waals surface area contributed by atoms with Crippen LogP contribution in [0.1, 0.15) is 31.4 Å². The molecule has 1 fully saturated rings. The van der Waals surface area contributed by atoms with Crippen molar-refractivity contribution in [2.75, 3.05) is 18.0 Å². The summed E-state index contributed by atoms with van der Waals surface area (Å²) in [5.74, 6) is 1.61. The van der Waals surface area contributed by atoms with Crippen LogP contribution in [-0.4, -0.2) is 50.0 Å². The lowest BCUT2D eigenvalue weighted by Gasteiger charge is -2.18. The first kappa shape index (κ1) is 15.4. The molecule has 0 spiro atoms. The second kappa shape index (κ2) is 6.31. The fourth-order valence-electron chi connectivity index (χ4n) is 2.99. The van der Waals surface area contributed by atoms with Gasteiger partial charge in [0.25, 0.3) is 0 Å². The first-order valence-electron chi connectivity index (χ1n) is 7.79. The summed E-state index contributed by atoms with van der Waals surface area (Å²) >= 11 is 0. The summed E-state index contributed by atoms with van der Waals surface area (Å²) < 4.78 is 1.80. The summed E-state index contributed by atoms with van der Waals surface area (Å²) in [5, 5.41) is 11.0. The average Bonchev–Trinajstić information content (AvgIpc) is 3.15. The van der Waals surface area contributed by atoms with E-state index in [1.165, 1.54) is 6.92 Å². The zero-order valence-electron chi connectivity index (χ0n) is 13.6. The molecule has 0 bridgehead atoms. The van der Waals surface area contributed by atoms with Crippen LogP contribution >= 0.6 is 0 Å². The molecule has 8 heteroatoms. The van der Waals surface area contributed by atoms with Gasteiger partial charge >= 0.3 is 0 Å². The Bertz CT molecular complexity index is 685. The van der Waals surface area contributed by atoms with Crippen molar-refractivity contribution in [1.29, 1.82) is 0 Å². The largest absolute Gasteiger partial charge is 0.352 e. The molecule has 2 atom stereocenters. The Morgan fingerprint density at radius 2 is 2.22 bits per heavy atom. The number of nitrogens with zero attached hydrogens (tertiary/aromatic N) is 6. The summed E-state index contributed by atoms with van der Waals surface area (Å²) in [5.41, 5.74) is 1.02. The third-order valence-electron chi connectivity index (χ3n) is 4.02. The molecule has 0 unspecified atom stereocenters. The molecule has 0 aromatic carbocycles. The van der Waals surface area contributed by atoms with Crippen LogP contribution in [0.3, 0.4) is 0 Å². The monoisotopic (exact) mass is 315 g/mol. The highest BCUT2D eigenvalue weighted by Crippen LogP contribution is 2.26. The number of aromatic nitrogens is 5. The molecular weight excluding hydrogens is 294 g/mol. The number of hydrogen-bond acceptors (Lipinski definition) is 6. The van der Waals surface area contributed by atoms with Crippen molar-refractivity contribution in [1.82, 2.24) is 30.3 Å². The molecule has 1 aliphatic rings. The van der Waals surface area contributed by atoms with Crippen molar-refractivity contribution in [3.63, 3.8) is 0 Å². The van der Waals surface area contributed by atoms with Crippen LogP contribution in [0, 0.1) is 6.92 Å². The van der Waals surface area contributed by atoms with E-state index in [0.29, 0.717) is 13.1 Å². The van der Waals surface area contributed by atoms with Gasteiger partial charge in [-0.25, -0.2) is 14.6 Å². The van der Waals surface area contributed by atoms with E-state index >= 15 is 0 Å². The Balaban J connectivity index is 1.87. The first-order valence-corrected chi connectivity index (χ1v) is 7.79. The molecule has 1 amide bonds. The van der Waals surface area contributed by atoms with Crippen LogP contribution in [0.5, 0.6) is 0 Å². The number of rotatable bonds is 4. The van der Waals surface area contributed by atoms with Gasteiger partial charge in [0.1, 0.15) is 11.6 Å². The summed E-state index contributed by atoms with van der Waals surface area (Å²) in [7, 11) is 0. The first-order chi connectivity index (χ1) is 11.1. The fourth-order valence-corrected chi connectivity index (χ4v) is 2.99. The highest BCUT2D eigenvalue weighted by atomic mass is 16.1. The minimum Gasteiger partial charge on any atom is -0.352 e. The lowest BCUT2D eigenvalue weighted by atomic mass is 10.2. The standard InChI is InChI=1S/C15H21N7O/c1-4-12-7-15(18-10(2)17-12)21-8-13(19-11(3)23)14(9-21)22-6-5-16-20-22/h5-7,13-14H,4,8-9H2,1-3H3,(H,19,23)/t13-,14+/m1/s1. The zero-order valence-corrected chi connectivity index (χ0v) is 13.6. The van der Waals surface area contributed by atoms with Gasteiger partial charge in [-0.1, -0.05) is 12.1 Å². The van der Waals surface area contributed by atoms with Crippen molar-refractivity contribution in [3.8, 4) is 0 Å². The van der Waals surface area contributed by atoms with Crippen molar-refractivity contribution in [2.24, 2.45) is 0 Å². The Kier molecular flexibility index (Phi) is 4.22. The van der Waals surface area contributed by atoms with Crippen LogP contribution in [0.15, 0.2) is 18.5 Å². The van der Waals surface area contributed by atoms with E-state index in [9.17, 15) is 4.79 Å². The SMILES string of the molecule is CCc1cc(N2C[C@@H](NC(C)=O)[C@@H](n3ccnn3)C2)nc(C)n1. The van der Waals surface area contributed by atoms with E-state index in [0.717, 1.165) is 23.8 Å². The quantitative estimate of drug-likeness (QED) is 0.884. The third kappa shape index (κ3) is 3.30. The number of nitrogens with one attached hydrogen (secondary N) is 1. The Morgan fingerprint density at radius 3 is 2.87 bits per heavy atom. The van der Waals surface area contributed by atoms with Crippen LogP contribution < -0.4 is 10.2 Å². The molecule has 1 N–H and O–H groups in total. The van der Waals surface area contributed by atoms with Gasteiger partial charge in [-0.05, 0) is 13.3 Å². The minimum atomic E-state index is -0.0462. The predicted octanol–water partition coefficient (Wildman–Crippen LogP) is 0.505. The summed E-state index contributed by atoms with van der Waals surface area (Å²) in [4.78, 5) is 22.7. The summed E-state index contributed by atoms with van der Waals surface area (Å²) in [6.07, 6.45) is 4.34. The van der Waals surface area contributed by atoms with E-state index in [1.807, 2.05) is 19.2 Å². The molecule has 2 aromatic rings. The number of hydrogen-bond donors (Lipinski definition) is 1. The molecule has 3 rings (SSSR count). The van der Waals surface area contributed by atoms with Gasteiger partial charge in [-0.2, -0.15) is 0 Å². The van der Waals surface area contributed by atoms with Crippen LogP contribution in [0.4, 0.5) is 5.82 Å². The van der Waals surface area contributed by atoms with Crippen molar-refractivity contribution in [3.05, 3.63) is 30.0 Å². The number of aryl methyl sites for hydroxylation is 2. The smallest absolute Gasteiger partial charge is 0.217 e. The van der Waals surface area contributed by atoms with Gasteiger partial charge in [0.15, 0.2) is 0 Å². The van der Waals surface area contributed by atoms with Gasteiger partial charge in [0, 0.05) is 38.0 Å². The third-order valence-corrected chi connectivity index (χ3v) is 4.02. The van der Waals surface area contributed by atoms with E-state index in [-0.39, 0.29) is 18.0 Å². The maximum atomic E-state index is 11.5. The summed E-state index contributed by atoms with van der Waals surface area (Å²) in [6, 6.07) is 2.01. The second-order valence-electron chi connectivity index (χ2n) is 5.78. The topological polar surface area (TPSA) is 88.8 Å². The number of amides is 1. The Hall–Kier alpha value is -2.51. The molecule has 122 valence electrons. The number of carbonyl (C=O) groups is 1. The van der Waals surface area contributed by atoms with Crippen molar-refractivity contribution >= 4 is 11.7 Å². The van der Waals surface area contributed by atoms with E-state index in [1.54, 1.807) is 10.9 Å². The highest BCUT2D eigenvalue weighted by Gasteiger charge is 2.36. The fraction of sp³-hybridized carbons (Fsp3) is 0.533. The van der Waals surface area contributed by atoms with E-state index < -0.39 is 0 Å². The van der Waals surface area contributed by atoms with Gasteiger partial charge in [-0.3, -0.25) is 4.79 Å². The normalized spacial score (nSPS) is 20.7. The van der Waals surface area contributed by atoms with Gasteiger partial charge in [0.2, 0.25) is 5.91 Å². The lowest BCUT2D eigenvalue weighted by molar-refractivity contribution is -0.119. The predicted molar refractivity (Wildman–Crippen MR) is 85.0 cm³/mol. The van der Waals surface area contributed by atoms with Gasteiger partial charge < -0.3 is 10.2 Å². The molecule has 23 heavy (non-hydrogen) atoms.